The van der Waals surface area contributed by atoms with E-state index < -0.39 is 0 Å². The Bertz CT molecular complexity index is 819. The Hall–Kier alpha value is -2.26. The lowest BCUT2D eigenvalue weighted by Crippen LogP contribution is -2.50. The van der Waals surface area contributed by atoms with Crippen LogP contribution in [0.2, 0.25) is 0 Å². The number of likely N-dealkylation sites (N-methyl/N-ethyl adjacent to an activating group) is 1. The van der Waals surface area contributed by atoms with Gasteiger partial charge in [0.05, 0.1) is 5.25 Å². The Morgan fingerprint density at radius 3 is 2.74 bits per heavy atom. The molecule has 1 fully saturated rings. The smallest absolute Gasteiger partial charge is 0.277 e. The first-order valence-electron chi connectivity index (χ1n) is 9.05. The van der Waals surface area contributed by atoms with Crippen molar-refractivity contribution in [2.75, 3.05) is 39.5 Å². The molecule has 0 spiro atoms. The number of hydrogen-bond donors (Lipinski definition) is 0. The lowest BCUT2D eigenvalue weighted by Gasteiger charge is -2.35. The molecule has 2 aromatic rings. The minimum Gasteiger partial charge on any atom is -0.454 e. The van der Waals surface area contributed by atoms with Gasteiger partial charge in [-0.25, -0.2) is 0 Å². The highest BCUT2D eigenvalue weighted by atomic mass is 32.2. The maximum absolute atomic E-state index is 12.7. The normalized spacial score (nSPS) is 17.9. The summed E-state index contributed by atoms with van der Waals surface area (Å²) >= 11 is 1.29. The van der Waals surface area contributed by atoms with Crippen LogP contribution in [-0.4, -0.2) is 70.7 Å². The summed E-state index contributed by atoms with van der Waals surface area (Å²) in [5.41, 5.74) is 0.758. The highest BCUT2D eigenvalue weighted by Gasteiger charge is 2.26. The third kappa shape index (κ3) is 3.89. The second-order valence-electron chi connectivity index (χ2n) is 6.46. The molecule has 0 unspecified atom stereocenters. The van der Waals surface area contributed by atoms with Gasteiger partial charge in [-0.3, -0.25) is 4.79 Å². The number of carbonyl (C=O) groups is 1. The Labute approximate surface area is 161 Å². The first-order chi connectivity index (χ1) is 13.1. The summed E-state index contributed by atoms with van der Waals surface area (Å²) in [6.07, 6.45) is 0. The van der Waals surface area contributed by atoms with Crippen LogP contribution in [0.4, 0.5) is 0 Å². The third-order valence-electron chi connectivity index (χ3n) is 4.78. The van der Waals surface area contributed by atoms with Crippen LogP contribution < -0.4 is 9.47 Å². The molecule has 0 N–H and O–H groups in total. The van der Waals surface area contributed by atoms with Gasteiger partial charge in [0.1, 0.15) is 0 Å². The van der Waals surface area contributed by atoms with E-state index in [0.717, 1.165) is 38.3 Å². The SMILES string of the molecule is CCN1CCN(C(=O)[C@@H](C)Sc2nnc(-c3ccc4c(c3)OCO4)o2)CC1. The number of thioether (sulfide) groups is 1. The van der Waals surface area contributed by atoms with Crippen molar-refractivity contribution in [2.24, 2.45) is 0 Å². The van der Waals surface area contributed by atoms with Crippen molar-refractivity contribution in [1.82, 2.24) is 20.0 Å². The molecule has 2 aliphatic rings. The minimum atomic E-state index is -0.275. The van der Waals surface area contributed by atoms with Gasteiger partial charge in [-0.05, 0) is 31.7 Å². The molecule has 0 aliphatic carbocycles. The predicted octanol–water partition coefficient (Wildman–Crippen LogP) is 2.11. The molecule has 27 heavy (non-hydrogen) atoms. The molecule has 1 saturated heterocycles. The van der Waals surface area contributed by atoms with Crippen LogP contribution >= 0.6 is 11.8 Å². The van der Waals surface area contributed by atoms with Crippen molar-refractivity contribution in [1.29, 1.82) is 0 Å². The molecule has 1 aromatic carbocycles. The van der Waals surface area contributed by atoms with Crippen LogP contribution in [0.1, 0.15) is 13.8 Å². The van der Waals surface area contributed by atoms with Gasteiger partial charge in [-0.2, -0.15) is 0 Å². The number of hydrogen-bond acceptors (Lipinski definition) is 8. The first kappa shape index (κ1) is 18.1. The molecule has 144 valence electrons. The highest BCUT2D eigenvalue weighted by Crippen LogP contribution is 2.36. The van der Waals surface area contributed by atoms with Crippen LogP contribution in [-0.2, 0) is 4.79 Å². The Balaban J connectivity index is 1.38. The Morgan fingerprint density at radius 1 is 1.19 bits per heavy atom. The minimum absolute atomic E-state index is 0.110. The fourth-order valence-electron chi connectivity index (χ4n) is 3.15. The van der Waals surface area contributed by atoms with Crippen LogP contribution in [0.5, 0.6) is 11.5 Å². The molecule has 0 saturated carbocycles. The summed E-state index contributed by atoms with van der Waals surface area (Å²) in [6, 6.07) is 5.47. The first-order valence-corrected chi connectivity index (χ1v) is 9.93. The van der Waals surface area contributed by atoms with Gasteiger partial charge in [0, 0.05) is 31.7 Å². The van der Waals surface area contributed by atoms with Crippen LogP contribution in [0.25, 0.3) is 11.5 Å². The third-order valence-corrected chi connectivity index (χ3v) is 5.70. The Kier molecular flexibility index (Phi) is 5.22. The van der Waals surface area contributed by atoms with Gasteiger partial charge in [0.25, 0.3) is 5.22 Å². The van der Waals surface area contributed by atoms with Crippen LogP contribution in [0.3, 0.4) is 0 Å². The largest absolute Gasteiger partial charge is 0.454 e. The van der Waals surface area contributed by atoms with Crippen molar-refractivity contribution < 1.29 is 18.7 Å². The number of rotatable bonds is 5. The molecule has 8 nitrogen and oxygen atoms in total. The molecule has 9 heteroatoms. The lowest BCUT2D eigenvalue weighted by atomic mass is 10.2. The molecule has 1 atom stereocenters. The van der Waals surface area contributed by atoms with E-state index in [2.05, 4.69) is 22.0 Å². The average molecular weight is 390 g/mol. The van der Waals surface area contributed by atoms with E-state index in [4.69, 9.17) is 13.9 Å². The number of fused-ring (bicyclic) bond motifs is 1. The van der Waals surface area contributed by atoms with Gasteiger partial charge < -0.3 is 23.7 Å². The standard InChI is InChI=1S/C18H22N4O4S/c1-3-21-6-8-22(9-7-21)17(23)12(2)27-18-20-19-16(26-18)13-4-5-14-15(10-13)25-11-24-14/h4-5,10,12H,3,6-9,11H2,1-2H3/t12-/m1/s1. The van der Waals surface area contributed by atoms with Gasteiger partial charge in [0.2, 0.25) is 18.6 Å². The summed E-state index contributed by atoms with van der Waals surface area (Å²) in [7, 11) is 0. The second-order valence-corrected chi connectivity index (χ2v) is 7.75. The molecule has 0 radical (unpaired) electrons. The summed E-state index contributed by atoms with van der Waals surface area (Å²) in [6.45, 7) is 8.65. The quantitative estimate of drug-likeness (QED) is 0.718. The zero-order chi connectivity index (χ0) is 18.8. The number of nitrogens with zero attached hydrogens (tertiary/aromatic N) is 4. The van der Waals surface area contributed by atoms with E-state index in [-0.39, 0.29) is 18.0 Å². The molecule has 2 aliphatic heterocycles. The fourth-order valence-corrected chi connectivity index (χ4v) is 3.91. The maximum Gasteiger partial charge on any atom is 0.277 e. The highest BCUT2D eigenvalue weighted by molar-refractivity contribution is 8.00. The van der Waals surface area contributed by atoms with Crippen LogP contribution in [0.15, 0.2) is 27.8 Å². The molecule has 4 rings (SSSR count). The number of amides is 1. The number of benzene rings is 1. The van der Waals surface area contributed by atoms with Gasteiger partial charge in [-0.1, -0.05) is 18.7 Å². The van der Waals surface area contributed by atoms with E-state index in [1.54, 1.807) is 0 Å². The Morgan fingerprint density at radius 2 is 1.96 bits per heavy atom. The monoisotopic (exact) mass is 390 g/mol. The van der Waals surface area contributed by atoms with Crippen molar-refractivity contribution >= 4 is 17.7 Å². The number of piperazine rings is 1. The molecule has 1 aromatic heterocycles. The predicted molar refractivity (Wildman–Crippen MR) is 99.9 cm³/mol. The number of carbonyl (C=O) groups excluding carboxylic acids is 1. The van der Waals surface area contributed by atoms with E-state index in [1.807, 2.05) is 30.0 Å². The summed E-state index contributed by atoms with van der Waals surface area (Å²) < 4.78 is 16.4. The van der Waals surface area contributed by atoms with Crippen molar-refractivity contribution in [2.45, 2.75) is 24.3 Å². The van der Waals surface area contributed by atoms with Gasteiger partial charge >= 0.3 is 0 Å². The number of aromatic nitrogens is 2. The van der Waals surface area contributed by atoms with E-state index in [0.29, 0.717) is 22.6 Å². The van der Waals surface area contributed by atoms with Crippen molar-refractivity contribution in [3.63, 3.8) is 0 Å². The molecular weight excluding hydrogens is 368 g/mol. The molecule has 3 heterocycles. The van der Waals surface area contributed by atoms with Crippen LogP contribution in [0, 0.1) is 0 Å². The summed E-state index contributed by atoms with van der Waals surface area (Å²) in [4.78, 5) is 16.9. The second kappa shape index (κ2) is 7.77. The topological polar surface area (TPSA) is 80.9 Å². The lowest BCUT2D eigenvalue weighted by molar-refractivity contribution is -0.132. The van der Waals surface area contributed by atoms with Crippen molar-refractivity contribution in [3.05, 3.63) is 18.2 Å². The molecule has 0 bridgehead atoms. The van der Waals surface area contributed by atoms with Gasteiger partial charge in [0.15, 0.2) is 11.5 Å². The number of ether oxygens (including phenoxy) is 2. The summed E-state index contributed by atoms with van der Waals surface area (Å²) in [5, 5.41) is 8.28. The summed E-state index contributed by atoms with van der Waals surface area (Å²) in [5.74, 6) is 1.87. The molecule has 1 amide bonds. The zero-order valence-corrected chi connectivity index (χ0v) is 16.2. The zero-order valence-electron chi connectivity index (χ0n) is 15.4. The average Bonchev–Trinajstić information content (AvgIpc) is 3.36. The maximum atomic E-state index is 12.7. The van der Waals surface area contributed by atoms with E-state index in [1.165, 1.54) is 11.8 Å². The van der Waals surface area contributed by atoms with E-state index in [9.17, 15) is 4.79 Å². The van der Waals surface area contributed by atoms with E-state index >= 15 is 0 Å². The van der Waals surface area contributed by atoms with Gasteiger partial charge in [-0.15, -0.1) is 10.2 Å². The molecular formula is C18H22N4O4S. The van der Waals surface area contributed by atoms with Crippen molar-refractivity contribution in [3.8, 4) is 23.0 Å². The fraction of sp³-hybridized carbons (Fsp3) is 0.500.